The average Bonchev–Trinajstić information content (AvgIpc) is 2.63. The predicted octanol–water partition coefficient (Wildman–Crippen LogP) is 3.06. The fourth-order valence-electron chi connectivity index (χ4n) is 1.23. The molecule has 3 heteroatoms. The molecule has 0 bridgehead atoms. The number of aryl methyl sites for hydroxylation is 1. The maximum Gasteiger partial charge on any atom is 0.126 e. The summed E-state index contributed by atoms with van der Waals surface area (Å²) in [5.74, 6) is 0.929. The molecule has 0 saturated heterocycles. The van der Waals surface area contributed by atoms with E-state index in [1.165, 1.54) is 9.75 Å². The zero-order valence-electron chi connectivity index (χ0n) is 8.03. The van der Waals surface area contributed by atoms with Crippen molar-refractivity contribution in [3.63, 3.8) is 0 Å². The zero-order valence-corrected chi connectivity index (χ0v) is 8.84. The van der Waals surface area contributed by atoms with E-state index in [-0.39, 0.29) is 0 Å². The number of thiophene rings is 1. The Bertz CT molecular complexity index is 395. The van der Waals surface area contributed by atoms with Crippen LogP contribution < -0.4 is 5.32 Å². The highest BCUT2D eigenvalue weighted by Crippen LogP contribution is 2.15. The third-order valence-corrected chi connectivity index (χ3v) is 2.91. The topological polar surface area (TPSA) is 24.9 Å². The number of nitrogens with zero attached hydrogens (tertiary/aromatic N) is 1. The normalized spacial score (nSPS) is 10.1. The summed E-state index contributed by atoms with van der Waals surface area (Å²) in [6.07, 6.45) is 1.79. The van der Waals surface area contributed by atoms with Crippen molar-refractivity contribution in [2.24, 2.45) is 0 Å². The first kappa shape index (κ1) is 9.21. The van der Waals surface area contributed by atoms with Gasteiger partial charge in [0.25, 0.3) is 0 Å². The highest BCUT2D eigenvalue weighted by molar-refractivity contribution is 7.11. The fraction of sp³-hybridized carbons (Fsp3) is 0.182. The lowest BCUT2D eigenvalue weighted by Crippen LogP contribution is -1.98. The molecule has 72 valence electrons. The molecule has 0 fully saturated rings. The summed E-state index contributed by atoms with van der Waals surface area (Å²) in [4.78, 5) is 6.88. The van der Waals surface area contributed by atoms with Gasteiger partial charge in [-0.15, -0.1) is 11.3 Å². The van der Waals surface area contributed by atoms with Crippen molar-refractivity contribution in [1.29, 1.82) is 0 Å². The molecular formula is C11H12N2S. The van der Waals surface area contributed by atoms with Crippen molar-refractivity contribution in [3.05, 3.63) is 46.3 Å². The van der Waals surface area contributed by atoms with Crippen LogP contribution in [0, 0.1) is 6.92 Å². The molecule has 14 heavy (non-hydrogen) atoms. The van der Waals surface area contributed by atoms with E-state index in [4.69, 9.17) is 0 Å². The molecular weight excluding hydrogens is 192 g/mol. The van der Waals surface area contributed by atoms with Crippen molar-refractivity contribution in [1.82, 2.24) is 4.98 Å². The molecule has 0 unspecified atom stereocenters. The smallest absolute Gasteiger partial charge is 0.126 e. The number of rotatable bonds is 3. The van der Waals surface area contributed by atoms with Gasteiger partial charge in [0.05, 0.1) is 6.54 Å². The van der Waals surface area contributed by atoms with Crippen LogP contribution >= 0.6 is 11.3 Å². The Kier molecular flexibility index (Phi) is 2.79. The maximum atomic E-state index is 4.19. The average molecular weight is 204 g/mol. The molecule has 0 spiro atoms. The van der Waals surface area contributed by atoms with Crippen LogP contribution in [0.3, 0.4) is 0 Å². The molecule has 0 aromatic carbocycles. The van der Waals surface area contributed by atoms with Crippen LogP contribution in [-0.4, -0.2) is 4.98 Å². The van der Waals surface area contributed by atoms with Gasteiger partial charge in [0.1, 0.15) is 5.82 Å². The second-order valence-corrected chi connectivity index (χ2v) is 4.45. The van der Waals surface area contributed by atoms with E-state index in [9.17, 15) is 0 Å². The van der Waals surface area contributed by atoms with Gasteiger partial charge in [0.2, 0.25) is 0 Å². The molecule has 0 amide bonds. The van der Waals surface area contributed by atoms with Gasteiger partial charge in [0.15, 0.2) is 0 Å². The third-order valence-electron chi connectivity index (χ3n) is 1.90. The van der Waals surface area contributed by atoms with Crippen LogP contribution in [0.4, 0.5) is 5.82 Å². The van der Waals surface area contributed by atoms with Gasteiger partial charge in [-0.05, 0) is 31.2 Å². The highest BCUT2D eigenvalue weighted by atomic mass is 32.1. The molecule has 2 aromatic rings. The summed E-state index contributed by atoms with van der Waals surface area (Å²) in [7, 11) is 0. The predicted molar refractivity (Wildman–Crippen MR) is 60.6 cm³/mol. The Hall–Kier alpha value is -1.35. The van der Waals surface area contributed by atoms with E-state index in [0.29, 0.717) is 0 Å². The summed E-state index contributed by atoms with van der Waals surface area (Å²) in [5.41, 5.74) is 0. The monoisotopic (exact) mass is 204 g/mol. The van der Waals surface area contributed by atoms with Crippen molar-refractivity contribution in [2.45, 2.75) is 13.5 Å². The number of pyridine rings is 1. The molecule has 0 saturated carbocycles. The molecule has 2 nitrogen and oxygen atoms in total. The lowest BCUT2D eigenvalue weighted by molar-refractivity contribution is 1.14. The van der Waals surface area contributed by atoms with Crippen LogP contribution in [0.25, 0.3) is 0 Å². The first-order valence-corrected chi connectivity index (χ1v) is 5.36. The minimum atomic E-state index is 0.857. The standard InChI is InChI=1S/C11H12N2S/c1-9-5-6-10(14-9)8-13-11-4-2-3-7-12-11/h2-7H,8H2,1H3,(H,12,13). The van der Waals surface area contributed by atoms with E-state index in [2.05, 4.69) is 29.4 Å². The van der Waals surface area contributed by atoms with E-state index in [1.54, 1.807) is 6.20 Å². The largest absolute Gasteiger partial charge is 0.365 e. The zero-order chi connectivity index (χ0) is 9.80. The summed E-state index contributed by atoms with van der Waals surface area (Å²) in [6, 6.07) is 10.2. The van der Waals surface area contributed by atoms with Gasteiger partial charge in [-0.25, -0.2) is 4.98 Å². The summed E-state index contributed by atoms with van der Waals surface area (Å²) in [6.45, 7) is 2.98. The molecule has 0 atom stereocenters. The number of nitrogens with one attached hydrogen (secondary N) is 1. The SMILES string of the molecule is Cc1ccc(CNc2ccccn2)s1. The molecule has 0 aliphatic carbocycles. The van der Waals surface area contributed by atoms with Crippen LogP contribution in [0.5, 0.6) is 0 Å². The third kappa shape index (κ3) is 2.33. The van der Waals surface area contributed by atoms with E-state index in [1.807, 2.05) is 29.5 Å². The van der Waals surface area contributed by atoms with Crippen LogP contribution in [0.1, 0.15) is 9.75 Å². The Labute approximate surface area is 87.6 Å². The molecule has 0 aliphatic rings. The Morgan fingerprint density at radius 2 is 2.21 bits per heavy atom. The highest BCUT2D eigenvalue weighted by Gasteiger charge is 1.96. The van der Waals surface area contributed by atoms with E-state index >= 15 is 0 Å². The molecule has 1 N–H and O–H groups in total. The molecule has 2 rings (SSSR count). The first-order chi connectivity index (χ1) is 6.84. The number of hydrogen-bond donors (Lipinski definition) is 1. The van der Waals surface area contributed by atoms with Gasteiger partial charge < -0.3 is 5.32 Å². The van der Waals surface area contributed by atoms with Crippen molar-refractivity contribution >= 4 is 17.2 Å². The van der Waals surface area contributed by atoms with Crippen molar-refractivity contribution in [3.8, 4) is 0 Å². The van der Waals surface area contributed by atoms with Gasteiger partial charge in [-0.1, -0.05) is 6.07 Å². The quantitative estimate of drug-likeness (QED) is 0.831. The lowest BCUT2D eigenvalue weighted by atomic mass is 10.4. The second-order valence-electron chi connectivity index (χ2n) is 3.08. The van der Waals surface area contributed by atoms with Crippen LogP contribution in [-0.2, 0) is 6.54 Å². The van der Waals surface area contributed by atoms with Crippen LogP contribution in [0.2, 0.25) is 0 Å². The van der Waals surface area contributed by atoms with Gasteiger partial charge in [-0.3, -0.25) is 0 Å². The number of hydrogen-bond acceptors (Lipinski definition) is 3. The molecule has 2 heterocycles. The van der Waals surface area contributed by atoms with Gasteiger partial charge in [0, 0.05) is 16.0 Å². The number of anilines is 1. The van der Waals surface area contributed by atoms with Gasteiger partial charge >= 0.3 is 0 Å². The van der Waals surface area contributed by atoms with Gasteiger partial charge in [-0.2, -0.15) is 0 Å². The summed E-state index contributed by atoms with van der Waals surface area (Å²) in [5, 5.41) is 3.27. The van der Waals surface area contributed by atoms with Crippen molar-refractivity contribution in [2.75, 3.05) is 5.32 Å². The molecule has 2 aromatic heterocycles. The van der Waals surface area contributed by atoms with E-state index in [0.717, 1.165) is 12.4 Å². The Morgan fingerprint density at radius 3 is 2.86 bits per heavy atom. The van der Waals surface area contributed by atoms with Crippen molar-refractivity contribution < 1.29 is 0 Å². The maximum absolute atomic E-state index is 4.19. The first-order valence-electron chi connectivity index (χ1n) is 4.55. The Balaban J connectivity index is 1.95. The van der Waals surface area contributed by atoms with Crippen LogP contribution in [0.15, 0.2) is 36.5 Å². The minimum absolute atomic E-state index is 0.857. The minimum Gasteiger partial charge on any atom is -0.365 e. The summed E-state index contributed by atoms with van der Waals surface area (Å²) < 4.78 is 0. The Morgan fingerprint density at radius 1 is 1.29 bits per heavy atom. The lowest BCUT2D eigenvalue weighted by Gasteiger charge is -2.01. The fourth-order valence-corrected chi connectivity index (χ4v) is 2.06. The molecule has 0 aliphatic heterocycles. The second kappa shape index (κ2) is 4.24. The summed E-state index contributed by atoms with van der Waals surface area (Å²) >= 11 is 1.82. The number of aromatic nitrogens is 1. The van der Waals surface area contributed by atoms with E-state index < -0.39 is 0 Å². The molecule has 0 radical (unpaired) electrons.